The number of carbonyl (C=O) groups is 1. The van der Waals surface area contributed by atoms with Gasteiger partial charge in [0.1, 0.15) is 0 Å². The van der Waals surface area contributed by atoms with Crippen molar-refractivity contribution in [2.75, 3.05) is 7.11 Å². The lowest BCUT2D eigenvalue weighted by molar-refractivity contribution is 0.0148. The topological polar surface area (TPSA) is 53.4 Å². The number of nitrogens with zero attached hydrogens (tertiary/aromatic N) is 2. The maximum absolute atomic E-state index is 11.9. The highest BCUT2D eigenvalue weighted by Crippen LogP contribution is 2.26. The van der Waals surface area contributed by atoms with Crippen molar-refractivity contribution in [2.24, 2.45) is 0 Å². The highest BCUT2D eigenvalue weighted by Gasteiger charge is 2.22. The van der Waals surface area contributed by atoms with Crippen molar-refractivity contribution < 1.29 is 14.3 Å². The molecule has 0 N–H and O–H groups in total. The molecule has 0 radical (unpaired) electrons. The Morgan fingerprint density at radius 3 is 2.56 bits per heavy atom. The van der Waals surface area contributed by atoms with Gasteiger partial charge in [-0.05, 0) is 41.7 Å². The summed E-state index contributed by atoms with van der Waals surface area (Å²) >= 11 is 0. The van der Waals surface area contributed by atoms with Crippen molar-refractivity contribution in [3.8, 4) is 0 Å². The van der Waals surface area contributed by atoms with Crippen LogP contribution in [0.3, 0.4) is 0 Å². The van der Waals surface area contributed by atoms with E-state index in [4.69, 9.17) is 9.47 Å². The molecular formula is C27H28N2O3. The average molecular weight is 429 g/mol. The van der Waals surface area contributed by atoms with Gasteiger partial charge in [-0.3, -0.25) is 0 Å². The van der Waals surface area contributed by atoms with Gasteiger partial charge in [-0.2, -0.15) is 0 Å². The van der Waals surface area contributed by atoms with Crippen LogP contribution in [0.5, 0.6) is 0 Å². The van der Waals surface area contributed by atoms with Crippen molar-refractivity contribution in [3.63, 3.8) is 0 Å². The molecule has 32 heavy (non-hydrogen) atoms. The lowest BCUT2D eigenvalue weighted by Crippen LogP contribution is -2.24. The SMILES string of the molecule is COC(=O)c1cn(C(CCc2cccc3ccccc23)C(C)OCc2ccccc2)cn1. The molecule has 0 aliphatic rings. The summed E-state index contributed by atoms with van der Waals surface area (Å²) in [5.74, 6) is -0.436. The number of esters is 1. The fourth-order valence-corrected chi connectivity index (χ4v) is 4.08. The lowest BCUT2D eigenvalue weighted by atomic mass is 9.97. The minimum atomic E-state index is -0.436. The predicted octanol–water partition coefficient (Wildman–Crippen LogP) is 5.60. The molecule has 1 heterocycles. The zero-order valence-electron chi connectivity index (χ0n) is 18.5. The van der Waals surface area contributed by atoms with E-state index >= 15 is 0 Å². The molecule has 5 heteroatoms. The van der Waals surface area contributed by atoms with Crippen molar-refractivity contribution in [2.45, 2.75) is 38.5 Å². The quantitative estimate of drug-likeness (QED) is 0.326. The van der Waals surface area contributed by atoms with Crippen LogP contribution in [-0.4, -0.2) is 28.7 Å². The van der Waals surface area contributed by atoms with Gasteiger partial charge in [-0.15, -0.1) is 0 Å². The summed E-state index contributed by atoms with van der Waals surface area (Å²) in [6, 6.07) is 25.0. The number of aromatic nitrogens is 2. The molecule has 0 saturated carbocycles. The van der Waals surface area contributed by atoms with Crippen LogP contribution in [0.4, 0.5) is 0 Å². The number of hydrogen-bond acceptors (Lipinski definition) is 4. The number of methoxy groups -OCH3 is 1. The molecule has 4 rings (SSSR count). The van der Waals surface area contributed by atoms with Crippen molar-refractivity contribution in [1.82, 2.24) is 9.55 Å². The van der Waals surface area contributed by atoms with Gasteiger partial charge in [0.15, 0.2) is 5.69 Å². The molecule has 0 aliphatic heterocycles. The Labute approximate surface area is 188 Å². The summed E-state index contributed by atoms with van der Waals surface area (Å²) in [6.07, 6.45) is 5.10. The third-order valence-electron chi connectivity index (χ3n) is 5.87. The highest BCUT2D eigenvalue weighted by molar-refractivity contribution is 5.87. The van der Waals surface area contributed by atoms with E-state index < -0.39 is 5.97 Å². The molecule has 0 saturated heterocycles. The van der Waals surface area contributed by atoms with Crippen LogP contribution in [0.2, 0.25) is 0 Å². The summed E-state index contributed by atoms with van der Waals surface area (Å²) in [4.78, 5) is 16.2. The van der Waals surface area contributed by atoms with Gasteiger partial charge >= 0.3 is 5.97 Å². The van der Waals surface area contributed by atoms with Crippen LogP contribution in [0.25, 0.3) is 10.8 Å². The van der Waals surface area contributed by atoms with Crippen LogP contribution in [0.15, 0.2) is 85.3 Å². The number of fused-ring (bicyclic) bond motifs is 1. The summed E-state index contributed by atoms with van der Waals surface area (Å²) in [7, 11) is 1.37. The van der Waals surface area contributed by atoms with Crippen molar-refractivity contribution >= 4 is 16.7 Å². The van der Waals surface area contributed by atoms with Crippen LogP contribution in [0, 0.1) is 0 Å². The molecule has 5 nitrogen and oxygen atoms in total. The Bertz CT molecular complexity index is 1160. The molecule has 4 aromatic rings. The van der Waals surface area contributed by atoms with E-state index in [1.807, 2.05) is 22.8 Å². The Balaban J connectivity index is 1.55. The molecule has 2 atom stereocenters. The fraction of sp³-hybridized carbons (Fsp3) is 0.259. The monoisotopic (exact) mass is 428 g/mol. The van der Waals surface area contributed by atoms with Crippen LogP contribution >= 0.6 is 0 Å². The Kier molecular flexibility index (Phi) is 6.97. The molecule has 0 amide bonds. The van der Waals surface area contributed by atoms with E-state index in [-0.39, 0.29) is 12.1 Å². The second kappa shape index (κ2) is 10.2. The number of aryl methyl sites for hydroxylation is 1. The van der Waals surface area contributed by atoms with Gasteiger partial charge in [0.2, 0.25) is 0 Å². The van der Waals surface area contributed by atoms with Crippen LogP contribution in [-0.2, 0) is 22.5 Å². The first-order valence-electron chi connectivity index (χ1n) is 10.9. The second-order valence-corrected chi connectivity index (χ2v) is 7.94. The summed E-state index contributed by atoms with van der Waals surface area (Å²) in [5, 5.41) is 2.51. The van der Waals surface area contributed by atoms with E-state index in [1.165, 1.54) is 23.4 Å². The van der Waals surface area contributed by atoms with Gasteiger partial charge in [-0.25, -0.2) is 9.78 Å². The molecule has 0 aliphatic carbocycles. The van der Waals surface area contributed by atoms with Crippen molar-refractivity contribution in [1.29, 1.82) is 0 Å². The highest BCUT2D eigenvalue weighted by atomic mass is 16.5. The van der Waals surface area contributed by atoms with E-state index in [2.05, 4.69) is 66.5 Å². The van der Waals surface area contributed by atoms with Gasteiger partial charge in [0, 0.05) is 6.20 Å². The van der Waals surface area contributed by atoms with Crippen molar-refractivity contribution in [3.05, 3.63) is 102 Å². The Morgan fingerprint density at radius 2 is 1.75 bits per heavy atom. The second-order valence-electron chi connectivity index (χ2n) is 7.94. The van der Waals surface area contributed by atoms with E-state index in [0.29, 0.717) is 12.3 Å². The number of benzene rings is 3. The van der Waals surface area contributed by atoms with E-state index in [9.17, 15) is 4.79 Å². The molecule has 3 aromatic carbocycles. The summed E-state index contributed by atoms with van der Waals surface area (Å²) in [5.41, 5.74) is 2.74. The van der Waals surface area contributed by atoms with Gasteiger partial charge in [0.05, 0.1) is 32.2 Å². The van der Waals surface area contributed by atoms with Gasteiger partial charge in [0.25, 0.3) is 0 Å². The normalized spacial score (nSPS) is 13.1. The first-order valence-corrected chi connectivity index (χ1v) is 10.9. The number of imidazole rings is 1. The van der Waals surface area contributed by atoms with Crippen LogP contribution in [0.1, 0.15) is 41.0 Å². The minimum absolute atomic E-state index is 0.0172. The standard InChI is InChI=1S/C27H28N2O3/c1-20(32-18-21-9-4-3-5-10-21)26(29-17-25(28-19-29)27(30)31-2)16-15-23-13-8-12-22-11-6-7-14-24(22)23/h3-14,17,19-20,26H,15-16,18H2,1-2H3. The summed E-state index contributed by atoms with van der Waals surface area (Å²) in [6.45, 7) is 2.61. The van der Waals surface area contributed by atoms with E-state index in [1.54, 1.807) is 12.5 Å². The third-order valence-corrected chi connectivity index (χ3v) is 5.87. The zero-order chi connectivity index (χ0) is 22.3. The van der Waals surface area contributed by atoms with Gasteiger partial charge < -0.3 is 14.0 Å². The Morgan fingerprint density at radius 1 is 1.00 bits per heavy atom. The maximum Gasteiger partial charge on any atom is 0.358 e. The van der Waals surface area contributed by atoms with Gasteiger partial charge in [-0.1, -0.05) is 72.8 Å². The molecule has 0 fully saturated rings. The smallest absolute Gasteiger partial charge is 0.358 e. The first kappa shape index (κ1) is 21.8. The molecule has 164 valence electrons. The van der Waals surface area contributed by atoms with E-state index in [0.717, 1.165) is 18.4 Å². The lowest BCUT2D eigenvalue weighted by Gasteiger charge is -2.26. The molecule has 1 aromatic heterocycles. The zero-order valence-corrected chi connectivity index (χ0v) is 18.5. The fourth-order valence-electron chi connectivity index (χ4n) is 4.08. The third kappa shape index (κ3) is 5.06. The average Bonchev–Trinajstić information content (AvgIpc) is 3.33. The minimum Gasteiger partial charge on any atom is -0.464 e. The Hall–Kier alpha value is -3.44. The number of hydrogen-bond donors (Lipinski definition) is 0. The molecule has 0 spiro atoms. The molecule has 2 unspecified atom stereocenters. The molecule has 0 bridgehead atoms. The number of rotatable bonds is 9. The number of carbonyl (C=O) groups excluding carboxylic acids is 1. The largest absolute Gasteiger partial charge is 0.464 e. The summed E-state index contributed by atoms with van der Waals surface area (Å²) < 4.78 is 13.1. The molecular weight excluding hydrogens is 400 g/mol. The van der Waals surface area contributed by atoms with Crippen LogP contribution < -0.4 is 0 Å². The maximum atomic E-state index is 11.9. The predicted molar refractivity (Wildman–Crippen MR) is 126 cm³/mol. The number of ether oxygens (including phenoxy) is 2. The first-order chi connectivity index (χ1) is 15.7.